The fourth-order valence-electron chi connectivity index (χ4n) is 3.43. The molecule has 124 valence electrons. The fourth-order valence-corrected chi connectivity index (χ4v) is 3.43. The summed E-state index contributed by atoms with van der Waals surface area (Å²) in [5, 5.41) is 18.5. The van der Waals surface area contributed by atoms with Gasteiger partial charge in [-0.15, -0.1) is 5.10 Å². The van der Waals surface area contributed by atoms with Gasteiger partial charge >= 0.3 is 0 Å². The smallest absolute Gasteiger partial charge is 0.220 e. The van der Waals surface area contributed by atoms with Crippen molar-refractivity contribution in [2.45, 2.75) is 51.6 Å². The van der Waals surface area contributed by atoms with E-state index in [4.69, 9.17) is 0 Å². The lowest BCUT2D eigenvalue weighted by Gasteiger charge is -2.36. The first kappa shape index (κ1) is 15.6. The van der Waals surface area contributed by atoms with Crippen LogP contribution in [-0.2, 0) is 17.9 Å². The summed E-state index contributed by atoms with van der Waals surface area (Å²) in [5.41, 5.74) is -0.0244. The fraction of sp³-hybridized carbons (Fsp3) is 0.667. The average Bonchev–Trinajstić information content (AvgIpc) is 3.21. The minimum absolute atomic E-state index is 0.0244. The Bertz CT molecular complexity index is 587. The van der Waals surface area contributed by atoms with E-state index < -0.39 is 0 Å². The van der Waals surface area contributed by atoms with Crippen LogP contribution in [0.25, 0.3) is 0 Å². The summed E-state index contributed by atoms with van der Waals surface area (Å²) < 4.78 is 3.57. The molecular formula is C15H23N7O. The molecule has 2 aromatic heterocycles. The SMILES string of the molecule is O=C(CC1(Cn2cnnn2)CCCCC1)NCCn1cccn1. The summed E-state index contributed by atoms with van der Waals surface area (Å²) in [5.74, 6) is 0.104. The number of aromatic nitrogens is 6. The molecule has 0 radical (unpaired) electrons. The summed E-state index contributed by atoms with van der Waals surface area (Å²) >= 11 is 0. The maximum atomic E-state index is 12.4. The zero-order valence-electron chi connectivity index (χ0n) is 13.3. The van der Waals surface area contributed by atoms with Gasteiger partial charge in [0.1, 0.15) is 6.33 Å². The van der Waals surface area contributed by atoms with E-state index in [1.165, 1.54) is 19.3 Å². The molecule has 1 aliphatic rings. The quantitative estimate of drug-likeness (QED) is 0.823. The van der Waals surface area contributed by atoms with Gasteiger partial charge in [-0.05, 0) is 34.7 Å². The molecule has 2 heterocycles. The average molecular weight is 317 g/mol. The minimum atomic E-state index is -0.0244. The van der Waals surface area contributed by atoms with Crippen molar-refractivity contribution in [1.82, 2.24) is 35.3 Å². The molecule has 1 N–H and O–H groups in total. The molecule has 0 spiro atoms. The lowest BCUT2D eigenvalue weighted by Crippen LogP contribution is -2.37. The van der Waals surface area contributed by atoms with Crippen LogP contribution in [0.5, 0.6) is 0 Å². The van der Waals surface area contributed by atoms with Gasteiger partial charge in [0.25, 0.3) is 0 Å². The maximum Gasteiger partial charge on any atom is 0.220 e. The summed E-state index contributed by atoms with van der Waals surface area (Å²) in [4.78, 5) is 12.4. The Balaban J connectivity index is 1.53. The van der Waals surface area contributed by atoms with E-state index >= 15 is 0 Å². The van der Waals surface area contributed by atoms with Crippen LogP contribution >= 0.6 is 0 Å². The molecule has 0 unspecified atom stereocenters. The minimum Gasteiger partial charge on any atom is -0.354 e. The van der Waals surface area contributed by atoms with Crippen molar-refractivity contribution in [3.8, 4) is 0 Å². The van der Waals surface area contributed by atoms with Crippen molar-refractivity contribution >= 4 is 5.91 Å². The van der Waals surface area contributed by atoms with E-state index in [9.17, 15) is 4.79 Å². The van der Waals surface area contributed by atoms with Crippen LogP contribution in [0, 0.1) is 5.41 Å². The molecule has 8 nitrogen and oxygen atoms in total. The molecule has 1 aliphatic carbocycles. The van der Waals surface area contributed by atoms with Crippen molar-refractivity contribution in [2.24, 2.45) is 5.41 Å². The number of nitrogens with one attached hydrogen (secondary N) is 1. The first-order chi connectivity index (χ1) is 11.3. The topological polar surface area (TPSA) is 90.5 Å². The Morgan fingerprint density at radius 1 is 1.22 bits per heavy atom. The van der Waals surface area contributed by atoms with Gasteiger partial charge in [0.15, 0.2) is 0 Å². The summed E-state index contributed by atoms with van der Waals surface area (Å²) in [6, 6.07) is 1.88. The van der Waals surface area contributed by atoms with Gasteiger partial charge in [-0.3, -0.25) is 9.48 Å². The third-order valence-corrected chi connectivity index (χ3v) is 4.56. The number of rotatable bonds is 7. The highest BCUT2D eigenvalue weighted by Gasteiger charge is 2.35. The van der Waals surface area contributed by atoms with Crippen molar-refractivity contribution in [3.63, 3.8) is 0 Å². The van der Waals surface area contributed by atoms with E-state index in [0.717, 1.165) is 12.8 Å². The van der Waals surface area contributed by atoms with Crippen molar-refractivity contribution in [1.29, 1.82) is 0 Å². The van der Waals surface area contributed by atoms with Crippen LogP contribution in [0.2, 0.25) is 0 Å². The Kier molecular flexibility index (Phi) is 4.99. The number of carbonyl (C=O) groups is 1. The van der Waals surface area contributed by atoms with Gasteiger partial charge in [0, 0.05) is 25.4 Å². The second kappa shape index (κ2) is 7.34. The first-order valence-corrected chi connectivity index (χ1v) is 8.21. The standard InChI is InChI=1S/C15H23N7O/c23-14(16-8-10-21-9-4-7-18-21)11-15(5-2-1-3-6-15)12-22-13-17-19-20-22/h4,7,9,13H,1-3,5-6,8,10-12H2,(H,16,23). The number of hydrogen-bond acceptors (Lipinski definition) is 5. The van der Waals surface area contributed by atoms with Gasteiger partial charge in [-0.25, -0.2) is 4.68 Å². The van der Waals surface area contributed by atoms with Crippen molar-refractivity contribution < 1.29 is 4.79 Å². The molecule has 8 heteroatoms. The predicted molar refractivity (Wildman–Crippen MR) is 83.2 cm³/mol. The molecule has 1 fully saturated rings. The van der Waals surface area contributed by atoms with Crippen LogP contribution in [0.4, 0.5) is 0 Å². The van der Waals surface area contributed by atoms with E-state index in [2.05, 4.69) is 25.9 Å². The monoisotopic (exact) mass is 317 g/mol. The number of nitrogens with zero attached hydrogens (tertiary/aromatic N) is 6. The number of tetrazole rings is 1. The van der Waals surface area contributed by atoms with Gasteiger partial charge < -0.3 is 5.32 Å². The molecule has 2 aromatic rings. The predicted octanol–water partition coefficient (Wildman–Crippen LogP) is 1.03. The molecule has 0 aliphatic heterocycles. The maximum absolute atomic E-state index is 12.4. The van der Waals surface area contributed by atoms with E-state index in [1.54, 1.807) is 17.2 Å². The largest absolute Gasteiger partial charge is 0.354 e. The van der Waals surface area contributed by atoms with Crippen LogP contribution in [-0.4, -0.2) is 42.4 Å². The van der Waals surface area contributed by atoms with Crippen LogP contribution < -0.4 is 5.32 Å². The van der Waals surface area contributed by atoms with E-state index in [1.807, 2.05) is 16.9 Å². The molecule has 0 saturated heterocycles. The Morgan fingerprint density at radius 2 is 2.09 bits per heavy atom. The molecule has 0 bridgehead atoms. The Labute approximate surface area is 135 Å². The Morgan fingerprint density at radius 3 is 2.78 bits per heavy atom. The number of hydrogen-bond donors (Lipinski definition) is 1. The first-order valence-electron chi connectivity index (χ1n) is 8.21. The molecule has 0 atom stereocenters. The lowest BCUT2D eigenvalue weighted by molar-refractivity contribution is -0.124. The highest BCUT2D eigenvalue weighted by atomic mass is 16.1. The van der Waals surface area contributed by atoms with Gasteiger partial charge in [0.2, 0.25) is 5.91 Å². The summed E-state index contributed by atoms with van der Waals surface area (Å²) in [6.45, 7) is 2.01. The lowest BCUT2D eigenvalue weighted by atomic mass is 9.71. The second-order valence-electron chi connectivity index (χ2n) is 6.36. The normalized spacial score (nSPS) is 17.0. The molecule has 23 heavy (non-hydrogen) atoms. The van der Waals surface area contributed by atoms with E-state index in [0.29, 0.717) is 26.1 Å². The van der Waals surface area contributed by atoms with Crippen LogP contribution in [0.15, 0.2) is 24.8 Å². The zero-order valence-corrected chi connectivity index (χ0v) is 13.3. The van der Waals surface area contributed by atoms with Crippen molar-refractivity contribution in [2.75, 3.05) is 6.54 Å². The molecule has 1 amide bonds. The van der Waals surface area contributed by atoms with E-state index in [-0.39, 0.29) is 11.3 Å². The summed E-state index contributed by atoms with van der Waals surface area (Å²) in [7, 11) is 0. The third kappa shape index (κ3) is 4.37. The molecular weight excluding hydrogens is 294 g/mol. The van der Waals surface area contributed by atoms with Gasteiger partial charge in [-0.2, -0.15) is 5.10 Å². The van der Waals surface area contributed by atoms with Gasteiger partial charge in [0.05, 0.1) is 13.1 Å². The zero-order chi connectivity index (χ0) is 16.0. The second-order valence-corrected chi connectivity index (χ2v) is 6.36. The highest BCUT2D eigenvalue weighted by Crippen LogP contribution is 2.40. The van der Waals surface area contributed by atoms with Crippen LogP contribution in [0.3, 0.4) is 0 Å². The molecule has 1 saturated carbocycles. The van der Waals surface area contributed by atoms with Gasteiger partial charge in [-0.1, -0.05) is 19.3 Å². The Hall–Kier alpha value is -2.25. The molecule has 3 rings (SSSR count). The third-order valence-electron chi connectivity index (χ3n) is 4.56. The highest BCUT2D eigenvalue weighted by molar-refractivity contribution is 5.76. The van der Waals surface area contributed by atoms with Crippen molar-refractivity contribution in [3.05, 3.63) is 24.8 Å². The number of amides is 1. The number of carbonyl (C=O) groups excluding carboxylic acids is 1. The molecule has 0 aromatic carbocycles. The van der Waals surface area contributed by atoms with Crippen LogP contribution in [0.1, 0.15) is 38.5 Å². The summed E-state index contributed by atoms with van der Waals surface area (Å²) in [6.07, 6.45) is 11.5.